The summed E-state index contributed by atoms with van der Waals surface area (Å²) in [6.45, 7) is 0.332. The molecule has 0 amide bonds. The number of aromatic nitrogens is 2. The first-order valence-corrected chi connectivity index (χ1v) is 5.71. The number of rotatable bonds is 5. The number of nitro benzene ring substituents is 1. The lowest BCUT2D eigenvalue weighted by Gasteiger charge is -2.08. The molecule has 1 heterocycles. The van der Waals surface area contributed by atoms with Crippen LogP contribution in [0.2, 0.25) is 0 Å². The molecule has 0 saturated heterocycles. The van der Waals surface area contributed by atoms with Crippen molar-refractivity contribution < 1.29 is 14.8 Å². The fourth-order valence-corrected chi connectivity index (χ4v) is 1.72. The second-order valence-electron chi connectivity index (χ2n) is 4.13. The predicted octanol–water partition coefficient (Wildman–Crippen LogP) is 1.64. The molecule has 8 nitrogen and oxygen atoms in total. The molecule has 0 spiro atoms. The van der Waals surface area contributed by atoms with Crippen LogP contribution in [-0.4, -0.2) is 25.8 Å². The van der Waals surface area contributed by atoms with E-state index in [1.165, 1.54) is 12.1 Å². The summed E-state index contributed by atoms with van der Waals surface area (Å²) in [5, 5.41) is 26.8. The van der Waals surface area contributed by atoms with Crippen LogP contribution >= 0.6 is 0 Å². The van der Waals surface area contributed by atoms with Crippen molar-refractivity contribution in [2.24, 2.45) is 7.05 Å². The van der Waals surface area contributed by atoms with E-state index in [0.717, 1.165) is 11.8 Å². The predicted molar refractivity (Wildman–Crippen MR) is 70.6 cm³/mol. The van der Waals surface area contributed by atoms with Crippen molar-refractivity contribution >= 4 is 17.3 Å². The highest BCUT2D eigenvalue weighted by Crippen LogP contribution is 2.22. The lowest BCUT2D eigenvalue weighted by Crippen LogP contribution is -2.07. The number of hydrogen-bond donors (Lipinski definition) is 2. The fourth-order valence-electron chi connectivity index (χ4n) is 1.72. The number of carbonyl (C=O) groups is 1. The summed E-state index contributed by atoms with van der Waals surface area (Å²) < 4.78 is 1.63. The zero-order valence-corrected chi connectivity index (χ0v) is 10.6. The number of hydrogen-bond acceptors (Lipinski definition) is 5. The van der Waals surface area contributed by atoms with Crippen molar-refractivity contribution in [1.82, 2.24) is 9.78 Å². The Kier molecular flexibility index (Phi) is 3.65. The standard InChI is InChI=1S/C12H12N4O4/c1-15-5-4-8(14-15)7-13-11-3-2-9(16(19)20)6-10(11)12(17)18/h2-6,13H,7H2,1H3,(H,17,18). The maximum absolute atomic E-state index is 11.1. The Morgan fingerprint density at radius 1 is 1.50 bits per heavy atom. The normalized spacial score (nSPS) is 10.2. The Balaban J connectivity index is 2.22. The summed E-state index contributed by atoms with van der Waals surface area (Å²) in [6, 6.07) is 5.46. The molecule has 0 bridgehead atoms. The number of non-ortho nitro benzene ring substituents is 1. The van der Waals surface area contributed by atoms with Crippen molar-refractivity contribution in [2.75, 3.05) is 5.32 Å². The molecule has 0 unspecified atom stereocenters. The number of carboxylic acids is 1. The molecule has 0 radical (unpaired) electrons. The molecule has 8 heteroatoms. The van der Waals surface area contributed by atoms with E-state index in [1.54, 1.807) is 24.0 Å². The molecule has 0 aliphatic heterocycles. The number of nitro groups is 1. The smallest absolute Gasteiger partial charge is 0.338 e. The first kappa shape index (κ1) is 13.5. The molecule has 0 saturated carbocycles. The topological polar surface area (TPSA) is 110 Å². The number of carboxylic acid groups (broad SMARTS) is 1. The average Bonchev–Trinajstić information content (AvgIpc) is 2.81. The van der Waals surface area contributed by atoms with Gasteiger partial charge in [-0.25, -0.2) is 4.79 Å². The number of nitrogens with one attached hydrogen (secondary N) is 1. The second kappa shape index (κ2) is 5.39. The molecule has 0 aliphatic carbocycles. The second-order valence-corrected chi connectivity index (χ2v) is 4.13. The van der Waals surface area contributed by atoms with Crippen LogP contribution in [0.5, 0.6) is 0 Å². The summed E-state index contributed by atoms with van der Waals surface area (Å²) in [4.78, 5) is 21.1. The summed E-state index contributed by atoms with van der Waals surface area (Å²) in [5.74, 6) is -1.22. The molecule has 1 aromatic heterocycles. The van der Waals surface area contributed by atoms with Crippen LogP contribution in [0.25, 0.3) is 0 Å². The van der Waals surface area contributed by atoms with Gasteiger partial charge in [0.25, 0.3) is 5.69 Å². The van der Waals surface area contributed by atoms with Crippen molar-refractivity contribution in [3.8, 4) is 0 Å². The van der Waals surface area contributed by atoms with Gasteiger partial charge in [0.05, 0.1) is 22.7 Å². The minimum atomic E-state index is -1.22. The lowest BCUT2D eigenvalue weighted by molar-refractivity contribution is -0.384. The van der Waals surface area contributed by atoms with E-state index < -0.39 is 10.9 Å². The van der Waals surface area contributed by atoms with Gasteiger partial charge in [-0.05, 0) is 12.1 Å². The molecule has 20 heavy (non-hydrogen) atoms. The molecule has 2 aromatic rings. The Bertz CT molecular complexity index is 665. The van der Waals surface area contributed by atoms with Gasteiger partial charge in [-0.1, -0.05) is 0 Å². The summed E-state index contributed by atoms with van der Waals surface area (Å²) in [5.41, 5.74) is 0.650. The molecule has 0 fully saturated rings. The third-order valence-corrected chi connectivity index (χ3v) is 2.67. The first-order valence-electron chi connectivity index (χ1n) is 5.71. The van der Waals surface area contributed by atoms with Gasteiger partial charge in [0.2, 0.25) is 0 Å². The molecule has 0 atom stereocenters. The van der Waals surface area contributed by atoms with Gasteiger partial charge in [-0.15, -0.1) is 0 Å². The molecular formula is C12H12N4O4. The Hall–Kier alpha value is -2.90. The lowest BCUT2D eigenvalue weighted by atomic mass is 10.1. The Morgan fingerprint density at radius 2 is 2.25 bits per heavy atom. The molecule has 1 aromatic carbocycles. The fraction of sp³-hybridized carbons (Fsp3) is 0.167. The highest BCUT2D eigenvalue weighted by Gasteiger charge is 2.15. The van der Waals surface area contributed by atoms with Gasteiger partial charge >= 0.3 is 5.97 Å². The Labute approximate surface area is 113 Å². The molecular weight excluding hydrogens is 264 g/mol. The molecule has 2 rings (SSSR count). The van der Waals surface area contributed by atoms with Gasteiger partial charge in [-0.2, -0.15) is 5.10 Å². The average molecular weight is 276 g/mol. The van der Waals surface area contributed by atoms with Crippen LogP contribution in [0, 0.1) is 10.1 Å². The van der Waals surface area contributed by atoms with E-state index in [-0.39, 0.29) is 11.3 Å². The van der Waals surface area contributed by atoms with Gasteiger partial charge < -0.3 is 10.4 Å². The molecule has 104 valence electrons. The van der Waals surface area contributed by atoms with E-state index in [1.807, 2.05) is 0 Å². The third-order valence-electron chi connectivity index (χ3n) is 2.67. The van der Waals surface area contributed by atoms with Gasteiger partial charge in [0, 0.05) is 31.1 Å². The molecule has 0 aliphatic rings. The Morgan fingerprint density at radius 3 is 2.80 bits per heavy atom. The van der Waals surface area contributed by atoms with Crippen molar-refractivity contribution in [3.63, 3.8) is 0 Å². The van der Waals surface area contributed by atoms with Crippen LogP contribution in [0.15, 0.2) is 30.5 Å². The number of anilines is 1. The first-order chi connectivity index (χ1) is 9.47. The zero-order chi connectivity index (χ0) is 14.7. The number of nitrogens with zero attached hydrogens (tertiary/aromatic N) is 3. The largest absolute Gasteiger partial charge is 0.478 e. The number of aromatic carboxylic acids is 1. The zero-order valence-electron chi connectivity index (χ0n) is 10.6. The van der Waals surface area contributed by atoms with Crippen LogP contribution in [-0.2, 0) is 13.6 Å². The van der Waals surface area contributed by atoms with E-state index in [2.05, 4.69) is 10.4 Å². The van der Waals surface area contributed by atoms with Gasteiger partial charge in [0.15, 0.2) is 0 Å². The van der Waals surface area contributed by atoms with Crippen molar-refractivity contribution in [1.29, 1.82) is 0 Å². The summed E-state index contributed by atoms with van der Waals surface area (Å²) >= 11 is 0. The quantitative estimate of drug-likeness (QED) is 0.634. The number of benzene rings is 1. The van der Waals surface area contributed by atoms with E-state index in [0.29, 0.717) is 12.2 Å². The highest BCUT2D eigenvalue weighted by molar-refractivity contribution is 5.95. The van der Waals surface area contributed by atoms with E-state index in [9.17, 15) is 14.9 Å². The maximum Gasteiger partial charge on any atom is 0.338 e. The van der Waals surface area contributed by atoms with Crippen LogP contribution < -0.4 is 5.32 Å². The van der Waals surface area contributed by atoms with Gasteiger partial charge in [0.1, 0.15) is 0 Å². The van der Waals surface area contributed by atoms with Crippen LogP contribution in [0.4, 0.5) is 11.4 Å². The summed E-state index contributed by atoms with van der Waals surface area (Å²) in [6.07, 6.45) is 1.77. The maximum atomic E-state index is 11.1. The third kappa shape index (κ3) is 2.91. The minimum absolute atomic E-state index is 0.143. The van der Waals surface area contributed by atoms with Gasteiger partial charge in [-0.3, -0.25) is 14.8 Å². The van der Waals surface area contributed by atoms with Crippen molar-refractivity contribution in [3.05, 3.63) is 51.8 Å². The SMILES string of the molecule is Cn1ccc(CNc2ccc([N+](=O)[O-])cc2C(=O)O)n1. The van der Waals surface area contributed by atoms with Crippen LogP contribution in [0.1, 0.15) is 16.1 Å². The van der Waals surface area contributed by atoms with E-state index >= 15 is 0 Å². The molecule has 2 N–H and O–H groups in total. The van der Waals surface area contributed by atoms with Crippen molar-refractivity contribution in [2.45, 2.75) is 6.54 Å². The van der Waals surface area contributed by atoms with E-state index in [4.69, 9.17) is 5.11 Å². The summed E-state index contributed by atoms with van der Waals surface area (Å²) in [7, 11) is 1.78. The van der Waals surface area contributed by atoms with Crippen LogP contribution in [0.3, 0.4) is 0 Å². The number of aryl methyl sites for hydroxylation is 1. The minimum Gasteiger partial charge on any atom is -0.478 e. The monoisotopic (exact) mass is 276 g/mol. The highest BCUT2D eigenvalue weighted by atomic mass is 16.6.